The molecule has 0 radical (unpaired) electrons. The Labute approximate surface area is 280 Å². The van der Waals surface area contributed by atoms with Crippen LogP contribution in [-0.2, 0) is 73.3 Å². The zero-order valence-corrected chi connectivity index (χ0v) is 27.5. The van der Waals surface area contributed by atoms with Crippen molar-refractivity contribution in [1.82, 2.24) is 4.90 Å². The highest BCUT2D eigenvalue weighted by Crippen LogP contribution is 2.42. The summed E-state index contributed by atoms with van der Waals surface area (Å²) in [5.41, 5.74) is 1.30. The molecule has 266 valence electrons. The highest BCUT2D eigenvalue weighted by molar-refractivity contribution is 5.91. The van der Waals surface area contributed by atoms with Gasteiger partial charge >= 0.3 is 29.8 Å². The second kappa shape index (κ2) is 14.8. The van der Waals surface area contributed by atoms with Crippen LogP contribution in [0.1, 0.15) is 64.5 Å². The lowest BCUT2D eigenvalue weighted by Crippen LogP contribution is -2.64. The van der Waals surface area contributed by atoms with Gasteiger partial charge in [-0.25, -0.2) is 0 Å². The van der Waals surface area contributed by atoms with Gasteiger partial charge in [0.15, 0.2) is 36.1 Å². The van der Waals surface area contributed by atoms with Crippen molar-refractivity contribution in [2.24, 2.45) is 0 Å². The van der Waals surface area contributed by atoms with E-state index in [-0.39, 0.29) is 32.1 Å². The molecule has 2 fully saturated rings. The highest BCUT2D eigenvalue weighted by Gasteiger charge is 2.55. The van der Waals surface area contributed by atoms with Crippen LogP contribution in [0.4, 0.5) is 0 Å². The van der Waals surface area contributed by atoms with Crippen LogP contribution in [0.3, 0.4) is 0 Å². The van der Waals surface area contributed by atoms with Crippen LogP contribution < -0.4 is 9.47 Å². The molecule has 2 bridgehead atoms. The van der Waals surface area contributed by atoms with Gasteiger partial charge in [-0.2, -0.15) is 0 Å². The Hall–Kier alpha value is -4.77. The topological polar surface area (TPSA) is 206 Å². The van der Waals surface area contributed by atoms with E-state index in [1.807, 2.05) is 0 Å². The Balaban J connectivity index is 1.55. The number of hydrogen-bond donors (Lipinski definition) is 0. The molecule has 1 aromatic rings. The van der Waals surface area contributed by atoms with E-state index in [4.69, 9.17) is 42.6 Å². The van der Waals surface area contributed by atoms with Crippen LogP contribution in [0.15, 0.2) is 12.1 Å². The van der Waals surface area contributed by atoms with Gasteiger partial charge in [0, 0.05) is 60.0 Å². The van der Waals surface area contributed by atoms with Crippen molar-refractivity contribution in [3.8, 4) is 11.5 Å². The lowest BCUT2D eigenvalue weighted by Gasteiger charge is -2.45. The Morgan fingerprint density at radius 3 is 2.04 bits per heavy atom. The number of amides is 1. The molecule has 4 heterocycles. The monoisotopic (exact) mass is 691 g/mol. The zero-order chi connectivity index (χ0) is 35.6. The van der Waals surface area contributed by atoms with Crippen LogP contribution in [0, 0.1) is 0 Å². The minimum absolute atomic E-state index is 0.0000853. The molecule has 4 aliphatic heterocycles. The smallest absolute Gasteiger partial charge is 0.303 e. The molecule has 4 aliphatic rings. The van der Waals surface area contributed by atoms with E-state index in [9.17, 15) is 33.6 Å². The largest absolute Gasteiger partial charge is 0.463 e. The maximum absolute atomic E-state index is 14.2. The Morgan fingerprint density at radius 1 is 0.796 bits per heavy atom. The Morgan fingerprint density at radius 2 is 1.41 bits per heavy atom. The highest BCUT2D eigenvalue weighted by atomic mass is 16.7. The van der Waals surface area contributed by atoms with Gasteiger partial charge in [-0.1, -0.05) is 0 Å². The minimum Gasteiger partial charge on any atom is -0.463 e. The molecule has 2 saturated heterocycles. The fourth-order valence-electron chi connectivity index (χ4n) is 6.39. The van der Waals surface area contributed by atoms with Crippen molar-refractivity contribution in [1.29, 1.82) is 0 Å². The fourth-order valence-corrected chi connectivity index (χ4v) is 6.39. The first-order valence-corrected chi connectivity index (χ1v) is 15.6. The summed E-state index contributed by atoms with van der Waals surface area (Å²) in [7, 11) is 0. The maximum Gasteiger partial charge on any atom is 0.303 e. The van der Waals surface area contributed by atoms with Crippen molar-refractivity contribution in [2.45, 2.75) is 103 Å². The first-order chi connectivity index (χ1) is 23.2. The van der Waals surface area contributed by atoms with Crippen molar-refractivity contribution in [2.75, 3.05) is 19.9 Å². The summed E-state index contributed by atoms with van der Waals surface area (Å²) in [5, 5.41) is 0. The predicted octanol–water partition coefficient (Wildman–Crippen LogP) is 0.604. The third-order valence-electron chi connectivity index (χ3n) is 8.29. The normalized spacial score (nSPS) is 29.0. The molecule has 0 saturated carbocycles. The number of carbonyl (C=O) groups is 7. The van der Waals surface area contributed by atoms with Gasteiger partial charge in [0.05, 0.1) is 0 Å². The molecule has 8 atom stereocenters. The molecule has 0 spiro atoms. The standard InChI is InChI=1S/C32H37NO16/c1-14(34)41-12-26-27(44-15(2)35)29(46-17(4)37)30(47-18(5)38)32(49-26)48-25-10-22(39)20-6-7-33(31(40)28(25)45-16(3)36)11-19-8-23-24(9-21(19)20)43-13-42-23/h8-9,20,25-30,32H,6-7,10-13H2,1-5H3/t20-,25+,26+,27-,28-,29-,30+,32+/m0/s1. The van der Waals surface area contributed by atoms with E-state index < -0.39 is 97.6 Å². The molecule has 0 N–H and O–H groups in total. The van der Waals surface area contributed by atoms with Gasteiger partial charge < -0.3 is 47.5 Å². The second-order valence-corrected chi connectivity index (χ2v) is 11.9. The number of ether oxygens (including phenoxy) is 9. The third-order valence-corrected chi connectivity index (χ3v) is 8.29. The molecule has 1 amide bonds. The summed E-state index contributed by atoms with van der Waals surface area (Å²) in [6, 6.07) is 3.44. The molecule has 1 aromatic carbocycles. The van der Waals surface area contributed by atoms with Crippen LogP contribution >= 0.6 is 0 Å². The molecule has 49 heavy (non-hydrogen) atoms. The van der Waals surface area contributed by atoms with Crippen LogP contribution in [-0.4, -0.2) is 109 Å². The van der Waals surface area contributed by atoms with Gasteiger partial charge in [0.1, 0.15) is 24.6 Å². The minimum atomic E-state index is -1.74. The van der Waals surface area contributed by atoms with Crippen LogP contribution in [0.5, 0.6) is 11.5 Å². The molecule has 17 heteroatoms. The summed E-state index contributed by atoms with van der Waals surface area (Å²) in [4.78, 5) is 90.6. The van der Waals surface area contributed by atoms with Gasteiger partial charge in [0.2, 0.25) is 12.9 Å². The molecule has 0 unspecified atom stereocenters. The molecular weight excluding hydrogens is 654 g/mol. The SMILES string of the molecule is CC(=O)OC[C@H]1O[C@@H](O[C@@H]2CC(=O)[C@H]3CCN(Cc4cc5c(cc43)OCO5)C(=O)[C@H]2OC(C)=O)[C@H](OC(C)=O)[C@@H](OC(C)=O)[C@H]1OC(C)=O. The Bertz CT molecular complexity index is 1520. The summed E-state index contributed by atoms with van der Waals surface area (Å²) in [6.45, 7) is 5.06. The van der Waals surface area contributed by atoms with E-state index in [1.165, 1.54) is 4.90 Å². The number of fused-ring (bicyclic) bond motifs is 6. The summed E-state index contributed by atoms with van der Waals surface area (Å²) >= 11 is 0. The number of nitrogens with zero attached hydrogens (tertiary/aromatic N) is 1. The van der Waals surface area contributed by atoms with Crippen molar-refractivity contribution >= 4 is 41.5 Å². The summed E-state index contributed by atoms with van der Waals surface area (Å²) in [5.74, 6) is -4.99. The lowest BCUT2D eigenvalue weighted by molar-refractivity contribution is -0.321. The van der Waals surface area contributed by atoms with Crippen LogP contribution in [0.2, 0.25) is 0 Å². The number of rotatable bonds is 8. The molecular formula is C32H37NO16. The van der Waals surface area contributed by atoms with E-state index in [0.29, 0.717) is 22.6 Å². The van der Waals surface area contributed by atoms with Crippen molar-refractivity contribution in [3.05, 3.63) is 23.3 Å². The lowest BCUT2D eigenvalue weighted by atomic mass is 9.86. The number of benzene rings is 1. The number of carbonyl (C=O) groups excluding carboxylic acids is 7. The molecule has 5 rings (SSSR count). The zero-order valence-electron chi connectivity index (χ0n) is 27.5. The maximum atomic E-state index is 14.2. The Kier molecular flexibility index (Phi) is 10.7. The number of Topliss-reactive ketones (excluding diaryl/α,β-unsaturated/α-hetero) is 1. The van der Waals surface area contributed by atoms with E-state index >= 15 is 0 Å². The first kappa shape index (κ1) is 35.5. The number of hydrogen-bond acceptors (Lipinski definition) is 16. The average molecular weight is 692 g/mol. The van der Waals surface area contributed by atoms with Crippen LogP contribution in [0.25, 0.3) is 0 Å². The molecule has 0 aliphatic carbocycles. The first-order valence-electron chi connectivity index (χ1n) is 15.6. The van der Waals surface area contributed by atoms with Crippen molar-refractivity contribution in [3.63, 3.8) is 0 Å². The predicted molar refractivity (Wildman–Crippen MR) is 157 cm³/mol. The quantitative estimate of drug-likeness (QED) is 0.270. The van der Waals surface area contributed by atoms with E-state index in [2.05, 4.69) is 0 Å². The van der Waals surface area contributed by atoms with Gasteiger partial charge in [-0.05, 0) is 29.7 Å². The van der Waals surface area contributed by atoms with Crippen molar-refractivity contribution < 1.29 is 76.2 Å². The summed E-state index contributed by atoms with van der Waals surface area (Å²) in [6.07, 6.45) is -11.2. The van der Waals surface area contributed by atoms with E-state index in [0.717, 1.165) is 34.6 Å². The van der Waals surface area contributed by atoms with Gasteiger partial charge in [-0.3, -0.25) is 33.6 Å². The molecule has 17 nitrogen and oxygen atoms in total. The van der Waals surface area contributed by atoms with E-state index in [1.54, 1.807) is 12.1 Å². The second-order valence-electron chi connectivity index (χ2n) is 11.9. The molecule has 0 aromatic heterocycles. The fraction of sp³-hybridized carbons (Fsp3) is 0.594. The van der Waals surface area contributed by atoms with Gasteiger partial charge in [0.25, 0.3) is 5.91 Å². The average Bonchev–Trinajstić information content (AvgIpc) is 3.39. The number of esters is 5. The number of ketones is 1. The summed E-state index contributed by atoms with van der Waals surface area (Å²) < 4.78 is 50.3. The van der Waals surface area contributed by atoms with Gasteiger partial charge in [-0.15, -0.1) is 0 Å². The third kappa shape index (κ3) is 8.10.